The fourth-order valence-corrected chi connectivity index (χ4v) is 4.73. The van der Waals surface area contributed by atoms with E-state index in [1.54, 1.807) is 17.1 Å². The predicted octanol–water partition coefficient (Wildman–Crippen LogP) is 3.02. The third-order valence-corrected chi connectivity index (χ3v) is 6.74. The molecule has 182 valence electrons. The summed E-state index contributed by atoms with van der Waals surface area (Å²) in [7, 11) is 0. The van der Waals surface area contributed by atoms with Crippen LogP contribution in [0.3, 0.4) is 0 Å². The number of rotatable bonds is 10. The molecule has 0 radical (unpaired) electrons. The lowest BCUT2D eigenvalue weighted by atomic mass is 10.2. The van der Waals surface area contributed by atoms with Gasteiger partial charge in [-0.3, -0.25) is 19.8 Å². The summed E-state index contributed by atoms with van der Waals surface area (Å²) in [6, 6.07) is 13.9. The number of hydrogen-bond donors (Lipinski definition) is 1. The minimum atomic E-state index is 0.349. The summed E-state index contributed by atoms with van der Waals surface area (Å²) in [5.41, 5.74) is 1.91. The van der Waals surface area contributed by atoms with Crippen molar-refractivity contribution in [3.63, 3.8) is 0 Å². The number of thioether (sulfide) groups is 1. The molecule has 4 aromatic rings. The van der Waals surface area contributed by atoms with Gasteiger partial charge in [0.2, 0.25) is 5.89 Å². The molecule has 5 rings (SSSR count). The molecule has 1 fully saturated rings. The van der Waals surface area contributed by atoms with Crippen LogP contribution in [0.25, 0.3) is 17.1 Å². The Morgan fingerprint density at radius 2 is 1.83 bits per heavy atom. The van der Waals surface area contributed by atoms with Crippen LogP contribution in [0.15, 0.2) is 64.4 Å². The Morgan fingerprint density at radius 1 is 1.03 bits per heavy atom. The number of ether oxygens (including phenoxy) is 1. The number of nitrogens with one attached hydrogen (secondary N) is 1. The summed E-state index contributed by atoms with van der Waals surface area (Å²) >= 11 is 6.87. The molecule has 12 heteroatoms. The summed E-state index contributed by atoms with van der Waals surface area (Å²) in [6.07, 6.45) is 3.50. The van der Waals surface area contributed by atoms with Gasteiger partial charge in [-0.15, -0.1) is 15.3 Å². The molecule has 3 aromatic heterocycles. The Labute approximate surface area is 212 Å². The zero-order valence-electron chi connectivity index (χ0n) is 19.1. The second-order valence-electron chi connectivity index (χ2n) is 7.88. The van der Waals surface area contributed by atoms with Crippen LogP contribution in [0.2, 0.25) is 0 Å². The number of hydrogen-bond acceptors (Lipinski definition) is 10. The standard InChI is InChI=1S/C23H26N8O2S2/c34-23-30(17-25-10-11-29-12-14-32-15-13-29)28-20(33-23)16-35-22-27-26-21(18-6-8-24-9-7-18)31(22)19-4-2-1-3-5-19/h1-9,25H,10-17H2. The maximum atomic E-state index is 5.73. The largest absolute Gasteiger partial charge is 0.413 e. The molecule has 0 bridgehead atoms. The Kier molecular flexibility index (Phi) is 7.96. The van der Waals surface area contributed by atoms with Gasteiger partial charge in [0.1, 0.15) is 0 Å². The topological polar surface area (TPSA) is 99.1 Å². The monoisotopic (exact) mass is 510 g/mol. The Hall–Kier alpha value is -2.90. The van der Waals surface area contributed by atoms with Crippen LogP contribution in [0.5, 0.6) is 0 Å². The van der Waals surface area contributed by atoms with Crippen molar-refractivity contribution in [1.82, 2.24) is 39.7 Å². The van der Waals surface area contributed by atoms with E-state index in [0.717, 1.165) is 61.6 Å². The van der Waals surface area contributed by atoms with Crippen molar-refractivity contribution >= 4 is 24.0 Å². The molecule has 1 aliphatic heterocycles. The number of aromatic nitrogens is 6. The van der Waals surface area contributed by atoms with E-state index < -0.39 is 0 Å². The molecule has 0 atom stereocenters. The van der Waals surface area contributed by atoms with Crippen LogP contribution >= 0.6 is 24.0 Å². The van der Waals surface area contributed by atoms with Crippen LogP contribution in [-0.4, -0.2) is 73.8 Å². The van der Waals surface area contributed by atoms with Gasteiger partial charge in [0.25, 0.3) is 4.84 Å². The highest BCUT2D eigenvalue weighted by Gasteiger charge is 2.17. The smallest absolute Gasteiger partial charge is 0.288 e. The van der Waals surface area contributed by atoms with E-state index in [1.165, 1.54) is 11.8 Å². The maximum absolute atomic E-state index is 5.73. The number of pyridine rings is 1. The first-order chi connectivity index (χ1) is 17.3. The second kappa shape index (κ2) is 11.7. The van der Waals surface area contributed by atoms with E-state index in [0.29, 0.717) is 23.1 Å². The van der Waals surface area contributed by atoms with Crippen molar-refractivity contribution in [3.8, 4) is 17.1 Å². The quantitative estimate of drug-likeness (QED) is 0.195. The molecular weight excluding hydrogens is 484 g/mol. The van der Waals surface area contributed by atoms with E-state index in [1.807, 2.05) is 47.0 Å². The molecule has 10 nitrogen and oxygen atoms in total. The van der Waals surface area contributed by atoms with Gasteiger partial charge in [-0.25, -0.2) is 4.68 Å². The summed E-state index contributed by atoms with van der Waals surface area (Å²) in [5.74, 6) is 1.77. The van der Waals surface area contributed by atoms with Crippen molar-refractivity contribution in [2.75, 3.05) is 39.4 Å². The Morgan fingerprint density at radius 3 is 2.63 bits per heavy atom. The fraction of sp³-hybridized carbons (Fsp3) is 0.348. The molecule has 35 heavy (non-hydrogen) atoms. The lowest BCUT2D eigenvalue weighted by Crippen LogP contribution is -2.40. The first kappa shape index (κ1) is 23.8. The molecule has 0 amide bonds. The maximum Gasteiger partial charge on any atom is 0.288 e. The van der Waals surface area contributed by atoms with E-state index in [2.05, 4.69) is 30.5 Å². The number of benzene rings is 1. The van der Waals surface area contributed by atoms with Gasteiger partial charge in [0, 0.05) is 49.8 Å². The highest BCUT2D eigenvalue weighted by Crippen LogP contribution is 2.29. The lowest BCUT2D eigenvalue weighted by Gasteiger charge is -2.26. The van der Waals surface area contributed by atoms with Crippen molar-refractivity contribution < 1.29 is 9.15 Å². The van der Waals surface area contributed by atoms with Crippen molar-refractivity contribution in [1.29, 1.82) is 0 Å². The number of morpholine rings is 1. The Balaban J connectivity index is 1.24. The van der Waals surface area contributed by atoms with E-state index >= 15 is 0 Å². The van der Waals surface area contributed by atoms with E-state index in [-0.39, 0.29) is 0 Å². The van der Waals surface area contributed by atoms with Gasteiger partial charge in [-0.05, 0) is 36.5 Å². The normalized spacial score (nSPS) is 14.4. The first-order valence-electron chi connectivity index (χ1n) is 11.4. The molecule has 1 aliphatic rings. The lowest BCUT2D eigenvalue weighted by molar-refractivity contribution is 0.0382. The van der Waals surface area contributed by atoms with Gasteiger partial charge in [-0.1, -0.05) is 30.0 Å². The average molecular weight is 511 g/mol. The second-order valence-corrected chi connectivity index (χ2v) is 9.17. The molecule has 4 heterocycles. The van der Waals surface area contributed by atoms with Gasteiger partial charge in [0.05, 0.1) is 25.6 Å². The third-order valence-electron chi connectivity index (χ3n) is 5.53. The van der Waals surface area contributed by atoms with Gasteiger partial charge < -0.3 is 9.15 Å². The predicted molar refractivity (Wildman–Crippen MR) is 135 cm³/mol. The van der Waals surface area contributed by atoms with Crippen LogP contribution < -0.4 is 5.32 Å². The molecule has 0 aliphatic carbocycles. The summed E-state index contributed by atoms with van der Waals surface area (Å²) in [6.45, 7) is 5.87. The summed E-state index contributed by atoms with van der Waals surface area (Å²) < 4.78 is 14.8. The average Bonchev–Trinajstić information content (AvgIpc) is 3.50. The van der Waals surface area contributed by atoms with Gasteiger partial charge in [-0.2, -0.15) is 0 Å². The number of nitrogens with zero attached hydrogens (tertiary/aromatic N) is 7. The Bertz CT molecular complexity index is 1270. The highest BCUT2D eigenvalue weighted by molar-refractivity contribution is 7.98. The van der Waals surface area contributed by atoms with Gasteiger partial charge >= 0.3 is 0 Å². The molecule has 0 saturated carbocycles. The van der Waals surface area contributed by atoms with Crippen molar-refractivity contribution in [3.05, 3.63) is 65.6 Å². The van der Waals surface area contributed by atoms with Gasteiger partial charge in [0.15, 0.2) is 11.0 Å². The molecular formula is C23H26N8O2S2. The fourth-order valence-electron chi connectivity index (χ4n) is 3.74. The van der Waals surface area contributed by atoms with Crippen LogP contribution in [0.1, 0.15) is 5.89 Å². The van der Waals surface area contributed by atoms with E-state index in [9.17, 15) is 0 Å². The SMILES string of the molecule is S=c1oc(CSc2nnc(-c3ccncc3)n2-c2ccccc2)nn1CNCCN1CCOCC1. The van der Waals surface area contributed by atoms with Crippen molar-refractivity contribution in [2.24, 2.45) is 0 Å². The molecule has 1 aromatic carbocycles. The summed E-state index contributed by atoms with van der Waals surface area (Å²) in [5, 5.41) is 17.6. The summed E-state index contributed by atoms with van der Waals surface area (Å²) in [4.78, 5) is 6.84. The first-order valence-corrected chi connectivity index (χ1v) is 12.8. The third kappa shape index (κ3) is 6.03. The molecule has 1 saturated heterocycles. The zero-order valence-corrected chi connectivity index (χ0v) is 20.7. The van der Waals surface area contributed by atoms with Crippen molar-refractivity contribution in [2.45, 2.75) is 17.6 Å². The van der Waals surface area contributed by atoms with Crippen LogP contribution in [0.4, 0.5) is 0 Å². The minimum absolute atomic E-state index is 0.349. The minimum Gasteiger partial charge on any atom is -0.413 e. The van der Waals surface area contributed by atoms with Crippen LogP contribution in [-0.2, 0) is 17.2 Å². The highest BCUT2D eigenvalue weighted by atomic mass is 32.2. The van der Waals surface area contributed by atoms with E-state index in [4.69, 9.17) is 21.4 Å². The zero-order chi connectivity index (χ0) is 23.9. The molecule has 0 spiro atoms. The molecule has 0 unspecified atom stereocenters. The van der Waals surface area contributed by atoms with Crippen LogP contribution in [0, 0.1) is 4.84 Å². The molecule has 1 N–H and O–H groups in total. The number of para-hydroxylation sites is 1.